The minimum Gasteiger partial charge on any atom is -0.480 e. The monoisotopic (exact) mass is 265 g/mol. The third kappa shape index (κ3) is 4.21. The lowest BCUT2D eigenvalue weighted by Gasteiger charge is -2.13. The Hall–Kier alpha value is -2.17. The molecule has 1 amide bonds. The molecular formula is C14H16FNO3. The van der Waals surface area contributed by atoms with Crippen LogP contribution in [0.25, 0.3) is 0 Å². The SMILES string of the molecule is C/C=C/CC(NC(=O)c1cc(C)ccc1F)C(=O)O. The predicted molar refractivity (Wildman–Crippen MR) is 69.5 cm³/mol. The lowest BCUT2D eigenvalue weighted by Crippen LogP contribution is -2.40. The van der Waals surface area contributed by atoms with E-state index in [0.717, 1.165) is 5.56 Å². The Kier molecular flexibility index (Phi) is 5.23. The third-order valence-corrected chi connectivity index (χ3v) is 2.58. The van der Waals surface area contributed by atoms with E-state index in [1.165, 1.54) is 12.1 Å². The Bertz CT molecular complexity index is 511. The van der Waals surface area contributed by atoms with Crippen molar-refractivity contribution < 1.29 is 19.1 Å². The van der Waals surface area contributed by atoms with Crippen LogP contribution in [0, 0.1) is 12.7 Å². The molecule has 0 aliphatic carbocycles. The molecule has 0 radical (unpaired) electrons. The van der Waals surface area contributed by atoms with Crippen molar-refractivity contribution in [2.24, 2.45) is 0 Å². The van der Waals surface area contributed by atoms with Gasteiger partial charge in [-0.15, -0.1) is 0 Å². The van der Waals surface area contributed by atoms with Gasteiger partial charge in [0.2, 0.25) is 0 Å². The number of allylic oxidation sites excluding steroid dienone is 1. The van der Waals surface area contributed by atoms with Crippen LogP contribution >= 0.6 is 0 Å². The standard InChI is InChI=1S/C14H16FNO3/c1-3-4-5-12(14(18)19)16-13(17)10-8-9(2)6-7-11(10)15/h3-4,6-8,12H,5H2,1-2H3,(H,16,17)(H,18,19)/b4-3+. The summed E-state index contributed by atoms with van der Waals surface area (Å²) in [5.74, 6) is -2.55. The topological polar surface area (TPSA) is 66.4 Å². The summed E-state index contributed by atoms with van der Waals surface area (Å²) < 4.78 is 13.5. The molecule has 4 nitrogen and oxygen atoms in total. The Morgan fingerprint density at radius 3 is 2.74 bits per heavy atom. The molecule has 1 atom stereocenters. The Balaban J connectivity index is 2.87. The molecule has 0 saturated heterocycles. The number of hydrogen-bond donors (Lipinski definition) is 2. The molecule has 0 bridgehead atoms. The minimum absolute atomic E-state index is 0.147. The molecule has 1 aromatic carbocycles. The largest absolute Gasteiger partial charge is 0.480 e. The molecule has 0 aromatic heterocycles. The van der Waals surface area contributed by atoms with Gasteiger partial charge in [-0.3, -0.25) is 4.79 Å². The van der Waals surface area contributed by atoms with Crippen LogP contribution in [-0.4, -0.2) is 23.0 Å². The number of aliphatic carboxylic acids is 1. The molecular weight excluding hydrogens is 249 g/mol. The van der Waals surface area contributed by atoms with Crippen LogP contribution in [0.15, 0.2) is 30.4 Å². The summed E-state index contributed by atoms with van der Waals surface area (Å²) in [6.07, 6.45) is 3.48. The maximum Gasteiger partial charge on any atom is 0.326 e. The first-order valence-electron chi connectivity index (χ1n) is 5.86. The number of amides is 1. The van der Waals surface area contributed by atoms with Gasteiger partial charge in [-0.1, -0.05) is 23.8 Å². The molecule has 0 aliphatic rings. The smallest absolute Gasteiger partial charge is 0.326 e. The molecule has 0 fully saturated rings. The average molecular weight is 265 g/mol. The zero-order valence-corrected chi connectivity index (χ0v) is 10.8. The summed E-state index contributed by atoms with van der Waals surface area (Å²) in [5.41, 5.74) is 0.582. The third-order valence-electron chi connectivity index (χ3n) is 2.58. The summed E-state index contributed by atoms with van der Waals surface area (Å²) in [6.45, 7) is 3.48. The van der Waals surface area contributed by atoms with Gasteiger partial charge < -0.3 is 10.4 Å². The quantitative estimate of drug-likeness (QED) is 0.803. The van der Waals surface area contributed by atoms with Crippen LogP contribution in [0.1, 0.15) is 29.3 Å². The molecule has 102 valence electrons. The first-order chi connectivity index (χ1) is 8.95. The number of carbonyl (C=O) groups is 2. The first kappa shape index (κ1) is 14.9. The number of hydrogen-bond acceptors (Lipinski definition) is 2. The summed E-state index contributed by atoms with van der Waals surface area (Å²) in [4.78, 5) is 22.8. The Labute approximate surface area is 110 Å². The Morgan fingerprint density at radius 2 is 2.16 bits per heavy atom. The number of benzene rings is 1. The lowest BCUT2D eigenvalue weighted by atomic mass is 10.1. The summed E-state index contributed by atoms with van der Waals surface area (Å²) in [7, 11) is 0. The minimum atomic E-state index is -1.15. The van der Waals surface area contributed by atoms with Gasteiger partial charge in [0.1, 0.15) is 11.9 Å². The van der Waals surface area contributed by atoms with Crippen molar-refractivity contribution >= 4 is 11.9 Å². The molecule has 5 heteroatoms. The fraction of sp³-hybridized carbons (Fsp3) is 0.286. The van der Waals surface area contributed by atoms with Crippen LogP contribution in [0.3, 0.4) is 0 Å². The molecule has 0 heterocycles. The van der Waals surface area contributed by atoms with Gasteiger partial charge in [-0.05, 0) is 32.4 Å². The normalized spacial score (nSPS) is 12.4. The van der Waals surface area contributed by atoms with Crippen molar-refractivity contribution in [2.75, 3.05) is 0 Å². The maximum atomic E-state index is 13.5. The molecule has 1 unspecified atom stereocenters. The van der Waals surface area contributed by atoms with Gasteiger partial charge in [0.05, 0.1) is 5.56 Å². The van der Waals surface area contributed by atoms with Crippen molar-refractivity contribution in [1.29, 1.82) is 0 Å². The van der Waals surface area contributed by atoms with Crippen LogP contribution in [-0.2, 0) is 4.79 Å². The van der Waals surface area contributed by atoms with E-state index in [2.05, 4.69) is 5.32 Å². The van der Waals surface area contributed by atoms with Crippen molar-refractivity contribution in [3.63, 3.8) is 0 Å². The van der Waals surface area contributed by atoms with Gasteiger partial charge in [-0.2, -0.15) is 0 Å². The molecule has 1 rings (SSSR count). The lowest BCUT2D eigenvalue weighted by molar-refractivity contribution is -0.139. The van der Waals surface area contributed by atoms with Crippen molar-refractivity contribution in [3.05, 3.63) is 47.3 Å². The fourth-order valence-corrected chi connectivity index (χ4v) is 1.54. The zero-order valence-electron chi connectivity index (χ0n) is 10.8. The van der Waals surface area contributed by atoms with Crippen LogP contribution in [0.2, 0.25) is 0 Å². The summed E-state index contributed by atoms with van der Waals surface area (Å²) in [6, 6.07) is 3.05. The second-order valence-corrected chi connectivity index (χ2v) is 4.15. The van der Waals surface area contributed by atoms with Crippen LogP contribution in [0.4, 0.5) is 4.39 Å². The average Bonchev–Trinajstić information content (AvgIpc) is 2.36. The highest BCUT2D eigenvalue weighted by molar-refractivity contribution is 5.97. The van der Waals surface area contributed by atoms with Gasteiger partial charge in [0.25, 0.3) is 5.91 Å². The van der Waals surface area contributed by atoms with Crippen LogP contribution in [0.5, 0.6) is 0 Å². The number of rotatable bonds is 5. The molecule has 2 N–H and O–H groups in total. The van der Waals surface area contributed by atoms with Crippen molar-refractivity contribution in [3.8, 4) is 0 Å². The fourth-order valence-electron chi connectivity index (χ4n) is 1.54. The van der Waals surface area contributed by atoms with Gasteiger partial charge >= 0.3 is 5.97 Å². The first-order valence-corrected chi connectivity index (χ1v) is 5.86. The molecule has 19 heavy (non-hydrogen) atoms. The molecule has 0 saturated carbocycles. The second kappa shape index (κ2) is 6.68. The highest BCUT2D eigenvalue weighted by atomic mass is 19.1. The Morgan fingerprint density at radius 1 is 1.47 bits per heavy atom. The predicted octanol–water partition coefficient (Wildman–Crippen LogP) is 2.28. The van der Waals surface area contributed by atoms with E-state index >= 15 is 0 Å². The number of carboxylic acids is 1. The number of halogens is 1. The van der Waals surface area contributed by atoms with Crippen molar-refractivity contribution in [1.82, 2.24) is 5.32 Å². The number of nitrogens with one attached hydrogen (secondary N) is 1. The second-order valence-electron chi connectivity index (χ2n) is 4.15. The van der Waals surface area contributed by atoms with Crippen LogP contribution < -0.4 is 5.32 Å². The molecule has 0 aliphatic heterocycles. The van der Waals surface area contributed by atoms with E-state index in [4.69, 9.17) is 5.11 Å². The zero-order chi connectivity index (χ0) is 14.4. The highest BCUT2D eigenvalue weighted by Crippen LogP contribution is 2.10. The van der Waals surface area contributed by atoms with E-state index in [0.29, 0.717) is 0 Å². The van der Waals surface area contributed by atoms with E-state index < -0.39 is 23.7 Å². The molecule has 1 aromatic rings. The van der Waals surface area contributed by atoms with Gasteiger partial charge in [0, 0.05) is 0 Å². The van der Waals surface area contributed by atoms with E-state index in [9.17, 15) is 14.0 Å². The highest BCUT2D eigenvalue weighted by Gasteiger charge is 2.21. The van der Waals surface area contributed by atoms with Gasteiger partial charge in [-0.25, -0.2) is 9.18 Å². The summed E-state index contributed by atoms with van der Waals surface area (Å²) in [5, 5.41) is 11.3. The maximum absolute atomic E-state index is 13.5. The number of carbonyl (C=O) groups excluding carboxylic acids is 1. The number of aryl methyl sites for hydroxylation is 1. The number of carboxylic acid groups (broad SMARTS) is 1. The van der Waals surface area contributed by atoms with E-state index in [1.807, 2.05) is 0 Å². The van der Waals surface area contributed by atoms with Gasteiger partial charge in [0.15, 0.2) is 0 Å². The summed E-state index contributed by atoms with van der Waals surface area (Å²) >= 11 is 0. The van der Waals surface area contributed by atoms with Crippen molar-refractivity contribution in [2.45, 2.75) is 26.3 Å². The molecule has 0 spiro atoms. The van der Waals surface area contributed by atoms with E-state index in [1.54, 1.807) is 32.1 Å². The van der Waals surface area contributed by atoms with E-state index in [-0.39, 0.29) is 12.0 Å².